The maximum absolute atomic E-state index is 12.1. The summed E-state index contributed by atoms with van der Waals surface area (Å²) in [6, 6.07) is 8.86. The Kier molecular flexibility index (Phi) is 2.88. The SMILES string of the molecule is CC(N)c1ccccc1C(=O)c1ccoc1. The van der Waals surface area contributed by atoms with Crippen LogP contribution in [0, 0.1) is 0 Å². The van der Waals surface area contributed by atoms with E-state index in [2.05, 4.69) is 0 Å². The molecule has 0 aliphatic rings. The van der Waals surface area contributed by atoms with E-state index in [9.17, 15) is 4.79 Å². The highest BCUT2D eigenvalue weighted by Crippen LogP contribution is 2.19. The van der Waals surface area contributed by atoms with Crippen LogP contribution in [0.1, 0.15) is 34.5 Å². The summed E-state index contributed by atoms with van der Waals surface area (Å²) in [6.45, 7) is 1.86. The average molecular weight is 215 g/mol. The molecule has 0 aliphatic carbocycles. The molecule has 1 aromatic heterocycles. The van der Waals surface area contributed by atoms with Crippen molar-refractivity contribution in [2.75, 3.05) is 0 Å². The molecule has 82 valence electrons. The Balaban J connectivity index is 2.44. The van der Waals surface area contributed by atoms with Crippen molar-refractivity contribution in [1.29, 1.82) is 0 Å². The van der Waals surface area contributed by atoms with Crippen LogP contribution in [0.2, 0.25) is 0 Å². The largest absolute Gasteiger partial charge is 0.472 e. The Morgan fingerprint density at radius 2 is 2.06 bits per heavy atom. The quantitative estimate of drug-likeness (QED) is 0.800. The van der Waals surface area contributed by atoms with E-state index in [-0.39, 0.29) is 11.8 Å². The van der Waals surface area contributed by atoms with Crippen LogP contribution in [0.5, 0.6) is 0 Å². The molecule has 3 nitrogen and oxygen atoms in total. The summed E-state index contributed by atoms with van der Waals surface area (Å²) in [5.41, 5.74) is 7.87. The average Bonchev–Trinajstić information content (AvgIpc) is 2.81. The zero-order chi connectivity index (χ0) is 11.5. The van der Waals surface area contributed by atoms with Gasteiger partial charge in [-0.1, -0.05) is 24.3 Å². The van der Waals surface area contributed by atoms with Gasteiger partial charge in [0.1, 0.15) is 6.26 Å². The molecule has 2 N–H and O–H groups in total. The first-order valence-corrected chi connectivity index (χ1v) is 5.11. The molecule has 0 aliphatic heterocycles. The van der Waals surface area contributed by atoms with E-state index >= 15 is 0 Å². The van der Waals surface area contributed by atoms with Gasteiger partial charge in [0.05, 0.1) is 11.8 Å². The highest BCUT2D eigenvalue weighted by molar-refractivity contribution is 6.09. The lowest BCUT2D eigenvalue weighted by atomic mass is 9.96. The van der Waals surface area contributed by atoms with E-state index in [4.69, 9.17) is 10.2 Å². The molecule has 1 unspecified atom stereocenters. The van der Waals surface area contributed by atoms with Crippen molar-refractivity contribution in [1.82, 2.24) is 0 Å². The standard InChI is InChI=1S/C13H13NO2/c1-9(14)11-4-2-3-5-12(11)13(15)10-6-7-16-8-10/h2-9H,14H2,1H3. The number of benzene rings is 1. The number of hydrogen-bond donors (Lipinski definition) is 1. The van der Waals surface area contributed by atoms with Crippen LogP contribution in [0.25, 0.3) is 0 Å². The van der Waals surface area contributed by atoms with Gasteiger partial charge < -0.3 is 10.2 Å². The van der Waals surface area contributed by atoms with Gasteiger partial charge in [-0.3, -0.25) is 4.79 Å². The Labute approximate surface area is 93.9 Å². The minimum Gasteiger partial charge on any atom is -0.472 e. The second-order valence-electron chi connectivity index (χ2n) is 3.72. The van der Waals surface area contributed by atoms with Crippen LogP contribution in [0.15, 0.2) is 47.3 Å². The molecule has 0 spiro atoms. The Bertz CT molecular complexity index is 486. The molecule has 0 saturated heterocycles. The van der Waals surface area contributed by atoms with E-state index in [1.54, 1.807) is 12.1 Å². The maximum Gasteiger partial charge on any atom is 0.196 e. The second-order valence-corrected chi connectivity index (χ2v) is 3.72. The topological polar surface area (TPSA) is 56.2 Å². The highest BCUT2D eigenvalue weighted by atomic mass is 16.3. The lowest BCUT2D eigenvalue weighted by molar-refractivity contribution is 0.103. The monoisotopic (exact) mass is 215 g/mol. The van der Waals surface area contributed by atoms with Crippen LogP contribution in [0.3, 0.4) is 0 Å². The van der Waals surface area contributed by atoms with Crippen LogP contribution in [-0.2, 0) is 0 Å². The molecule has 16 heavy (non-hydrogen) atoms. The van der Waals surface area contributed by atoms with Crippen LogP contribution >= 0.6 is 0 Å². The highest BCUT2D eigenvalue weighted by Gasteiger charge is 2.15. The molecule has 0 radical (unpaired) electrons. The number of carbonyl (C=O) groups is 1. The van der Waals surface area contributed by atoms with Gasteiger partial charge in [-0.2, -0.15) is 0 Å². The molecule has 3 heteroatoms. The number of carbonyl (C=O) groups excluding carboxylic acids is 1. The van der Waals surface area contributed by atoms with Crippen molar-refractivity contribution in [2.24, 2.45) is 5.73 Å². The minimum absolute atomic E-state index is 0.0540. The lowest BCUT2D eigenvalue weighted by Gasteiger charge is -2.10. The normalized spacial score (nSPS) is 12.4. The maximum atomic E-state index is 12.1. The fourth-order valence-electron chi connectivity index (χ4n) is 1.65. The molecule has 2 rings (SSSR count). The summed E-state index contributed by atoms with van der Waals surface area (Å²) in [7, 11) is 0. The third-order valence-electron chi connectivity index (χ3n) is 2.48. The summed E-state index contributed by atoms with van der Waals surface area (Å²) >= 11 is 0. The first-order valence-electron chi connectivity index (χ1n) is 5.11. The second kappa shape index (κ2) is 4.33. The molecule has 0 bridgehead atoms. The van der Waals surface area contributed by atoms with Gasteiger partial charge in [0.15, 0.2) is 5.78 Å². The van der Waals surface area contributed by atoms with Gasteiger partial charge in [0.2, 0.25) is 0 Å². The number of ketones is 1. The molecule has 1 aromatic carbocycles. The fourth-order valence-corrected chi connectivity index (χ4v) is 1.65. The van der Waals surface area contributed by atoms with Crippen molar-refractivity contribution < 1.29 is 9.21 Å². The molecule has 0 amide bonds. The van der Waals surface area contributed by atoms with E-state index in [1.807, 2.05) is 25.1 Å². The van der Waals surface area contributed by atoms with Crippen molar-refractivity contribution >= 4 is 5.78 Å². The summed E-state index contributed by atoms with van der Waals surface area (Å²) in [4.78, 5) is 12.1. The Hall–Kier alpha value is -1.87. The third kappa shape index (κ3) is 1.90. The number of nitrogens with two attached hydrogens (primary N) is 1. The molecule has 1 atom stereocenters. The predicted molar refractivity (Wildman–Crippen MR) is 61.2 cm³/mol. The summed E-state index contributed by atoms with van der Waals surface area (Å²) in [6.07, 6.45) is 2.93. The van der Waals surface area contributed by atoms with Crippen molar-refractivity contribution in [3.8, 4) is 0 Å². The number of furan rings is 1. The zero-order valence-corrected chi connectivity index (χ0v) is 9.01. The smallest absolute Gasteiger partial charge is 0.196 e. The van der Waals surface area contributed by atoms with Gasteiger partial charge >= 0.3 is 0 Å². The lowest BCUT2D eigenvalue weighted by Crippen LogP contribution is -2.12. The van der Waals surface area contributed by atoms with Crippen LogP contribution in [0.4, 0.5) is 0 Å². The first kappa shape index (κ1) is 10.6. The Morgan fingerprint density at radius 1 is 1.31 bits per heavy atom. The fraction of sp³-hybridized carbons (Fsp3) is 0.154. The Morgan fingerprint density at radius 3 is 2.69 bits per heavy atom. The van der Waals surface area contributed by atoms with E-state index in [0.29, 0.717) is 11.1 Å². The van der Waals surface area contributed by atoms with Crippen LogP contribution in [-0.4, -0.2) is 5.78 Å². The van der Waals surface area contributed by atoms with Gasteiger partial charge in [-0.15, -0.1) is 0 Å². The van der Waals surface area contributed by atoms with E-state index in [0.717, 1.165) is 5.56 Å². The number of rotatable bonds is 3. The van der Waals surface area contributed by atoms with E-state index in [1.165, 1.54) is 12.5 Å². The summed E-state index contributed by atoms with van der Waals surface area (Å²) < 4.78 is 4.91. The predicted octanol–water partition coefficient (Wildman–Crippen LogP) is 2.53. The summed E-state index contributed by atoms with van der Waals surface area (Å²) in [5.74, 6) is -0.0540. The van der Waals surface area contributed by atoms with E-state index < -0.39 is 0 Å². The zero-order valence-electron chi connectivity index (χ0n) is 9.01. The molecule has 0 fully saturated rings. The van der Waals surface area contributed by atoms with Gasteiger partial charge in [0, 0.05) is 11.6 Å². The van der Waals surface area contributed by atoms with Gasteiger partial charge in [0.25, 0.3) is 0 Å². The molecule has 1 heterocycles. The number of hydrogen-bond acceptors (Lipinski definition) is 3. The van der Waals surface area contributed by atoms with Crippen molar-refractivity contribution in [3.05, 3.63) is 59.5 Å². The summed E-state index contributed by atoms with van der Waals surface area (Å²) in [5, 5.41) is 0. The first-order chi connectivity index (χ1) is 7.70. The molecule has 2 aromatic rings. The molecular weight excluding hydrogens is 202 g/mol. The van der Waals surface area contributed by atoms with Crippen molar-refractivity contribution in [3.63, 3.8) is 0 Å². The van der Waals surface area contributed by atoms with Crippen molar-refractivity contribution in [2.45, 2.75) is 13.0 Å². The van der Waals surface area contributed by atoms with Gasteiger partial charge in [-0.05, 0) is 18.6 Å². The van der Waals surface area contributed by atoms with Gasteiger partial charge in [-0.25, -0.2) is 0 Å². The third-order valence-corrected chi connectivity index (χ3v) is 2.48. The minimum atomic E-state index is -0.160. The molecule has 0 saturated carbocycles. The van der Waals surface area contributed by atoms with Crippen LogP contribution < -0.4 is 5.73 Å². The molecular formula is C13H13NO2.